The number of nitriles is 1. The molecule has 1 heterocycles. The van der Waals surface area contributed by atoms with Crippen molar-refractivity contribution >= 4 is 17.5 Å². The van der Waals surface area contributed by atoms with Gasteiger partial charge in [-0.15, -0.1) is 0 Å². The number of benzene rings is 2. The second-order valence-electron chi connectivity index (χ2n) is 8.58. The maximum atomic E-state index is 8.91. The average Bonchev–Trinajstić information content (AvgIpc) is 2.78. The van der Waals surface area contributed by atoms with E-state index in [-0.39, 0.29) is 11.4 Å². The molecule has 176 valence electrons. The molecular weight excluding hydrogens is 428 g/mol. The second kappa shape index (κ2) is 10.6. The molecular formula is C26H30N6O2. The van der Waals surface area contributed by atoms with Gasteiger partial charge >= 0.3 is 0 Å². The Bertz CT molecular complexity index is 1230. The molecule has 8 nitrogen and oxygen atoms in total. The minimum Gasteiger partial charge on any atom is -0.493 e. The molecule has 0 aliphatic rings. The number of hydrogen-bond acceptors (Lipinski definition) is 8. The minimum absolute atomic E-state index is 0.130. The third-order valence-corrected chi connectivity index (χ3v) is 5.12. The van der Waals surface area contributed by atoms with Crippen LogP contribution in [-0.4, -0.2) is 23.2 Å². The van der Waals surface area contributed by atoms with Crippen LogP contribution in [0.5, 0.6) is 11.5 Å². The molecule has 3 rings (SSSR count). The van der Waals surface area contributed by atoms with E-state index in [2.05, 4.69) is 9.97 Å². The van der Waals surface area contributed by atoms with E-state index < -0.39 is 0 Å². The first-order chi connectivity index (χ1) is 16.2. The van der Waals surface area contributed by atoms with Gasteiger partial charge in [-0.2, -0.15) is 10.2 Å². The van der Waals surface area contributed by atoms with E-state index in [4.69, 9.17) is 31.9 Å². The van der Waals surface area contributed by atoms with Crippen LogP contribution in [0.15, 0.2) is 54.7 Å². The van der Waals surface area contributed by atoms with Crippen LogP contribution in [0.4, 0.5) is 17.5 Å². The van der Waals surface area contributed by atoms with E-state index in [9.17, 15) is 0 Å². The minimum atomic E-state index is -0.361. The molecule has 0 aliphatic heterocycles. The molecule has 0 amide bonds. The van der Waals surface area contributed by atoms with Gasteiger partial charge in [-0.25, -0.2) is 4.98 Å². The summed E-state index contributed by atoms with van der Waals surface area (Å²) in [6.07, 6.45) is 5.39. The molecule has 0 saturated carbocycles. The van der Waals surface area contributed by atoms with Crippen molar-refractivity contribution in [2.75, 3.05) is 30.4 Å². The number of anilines is 3. The van der Waals surface area contributed by atoms with Crippen molar-refractivity contribution in [3.8, 4) is 28.7 Å². The highest BCUT2D eigenvalue weighted by Crippen LogP contribution is 2.41. The first-order valence-electron chi connectivity index (χ1n) is 10.9. The number of hydrogen-bond donors (Lipinski definition) is 3. The fraction of sp³-hybridized carbons (Fsp3) is 0.269. The molecule has 0 unspecified atom stereocenters. The molecule has 8 heteroatoms. The average molecular weight is 459 g/mol. The zero-order chi connectivity index (χ0) is 24.7. The molecule has 0 spiro atoms. The van der Waals surface area contributed by atoms with Crippen LogP contribution in [0.1, 0.15) is 31.9 Å². The van der Waals surface area contributed by atoms with Crippen molar-refractivity contribution in [1.29, 1.82) is 5.26 Å². The van der Waals surface area contributed by atoms with Crippen molar-refractivity contribution < 1.29 is 9.47 Å². The summed E-state index contributed by atoms with van der Waals surface area (Å²) in [7, 11) is 0. The van der Waals surface area contributed by atoms with Gasteiger partial charge in [0.05, 0.1) is 24.8 Å². The molecule has 1 aromatic heterocycles. The van der Waals surface area contributed by atoms with Crippen molar-refractivity contribution in [2.24, 2.45) is 5.41 Å². The van der Waals surface area contributed by atoms with Gasteiger partial charge in [-0.3, -0.25) is 0 Å². The second-order valence-corrected chi connectivity index (χ2v) is 8.58. The van der Waals surface area contributed by atoms with Gasteiger partial charge in [0.2, 0.25) is 5.95 Å². The van der Waals surface area contributed by atoms with Crippen molar-refractivity contribution in [1.82, 2.24) is 9.97 Å². The number of nitrogens with zero attached hydrogens (tertiary/aromatic N) is 3. The standard InChI is InChI=1S/C26H30N6O2/c1-4-33-21-12-17(11-19-15-31-25(30)32-24(19)29)13-22(34-16-26(2,3)9-6-10-27)23(21)18-7-5-8-20(28)14-18/h5-9,12-15H,4,11,16,28H2,1-3H3,(H4,29,30,31,32)/b9-6-. The van der Waals surface area contributed by atoms with Crippen LogP contribution >= 0.6 is 0 Å². The van der Waals surface area contributed by atoms with Crippen LogP contribution in [0.2, 0.25) is 0 Å². The smallest absolute Gasteiger partial charge is 0.221 e. The number of allylic oxidation sites excluding steroid dienone is 1. The van der Waals surface area contributed by atoms with Crippen LogP contribution in [0.3, 0.4) is 0 Å². The monoisotopic (exact) mass is 458 g/mol. The molecule has 0 fully saturated rings. The van der Waals surface area contributed by atoms with E-state index in [1.54, 1.807) is 6.20 Å². The van der Waals surface area contributed by atoms with E-state index in [1.807, 2.05) is 69.3 Å². The quantitative estimate of drug-likeness (QED) is 0.316. The lowest BCUT2D eigenvalue weighted by atomic mass is 9.94. The Kier molecular flexibility index (Phi) is 7.59. The Hall–Kier alpha value is -4.25. The maximum absolute atomic E-state index is 8.91. The molecule has 0 aliphatic carbocycles. The van der Waals surface area contributed by atoms with Gasteiger partial charge < -0.3 is 26.7 Å². The Morgan fingerprint density at radius 2 is 1.82 bits per heavy atom. The summed E-state index contributed by atoms with van der Waals surface area (Å²) >= 11 is 0. The number of aromatic nitrogens is 2. The van der Waals surface area contributed by atoms with E-state index in [0.29, 0.717) is 42.6 Å². The largest absolute Gasteiger partial charge is 0.493 e. The van der Waals surface area contributed by atoms with Gasteiger partial charge in [0.1, 0.15) is 17.3 Å². The van der Waals surface area contributed by atoms with Gasteiger partial charge in [0, 0.05) is 35.4 Å². The Morgan fingerprint density at radius 3 is 2.47 bits per heavy atom. The number of rotatable bonds is 9. The molecule has 0 atom stereocenters. The summed E-state index contributed by atoms with van der Waals surface area (Å²) in [6.45, 7) is 6.75. The molecule has 0 radical (unpaired) electrons. The first kappa shape index (κ1) is 24.4. The van der Waals surface area contributed by atoms with E-state index in [0.717, 1.165) is 22.3 Å². The fourth-order valence-electron chi connectivity index (χ4n) is 3.47. The van der Waals surface area contributed by atoms with Crippen LogP contribution in [0.25, 0.3) is 11.1 Å². The SMILES string of the molecule is CCOc1cc(Cc2cnc(N)nc2N)cc(OCC(C)(C)/C=C\C#N)c1-c1cccc(N)c1. The summed E-state index contributed by atoms with van der Waals surface area (Å²) in [5, 5.41) is 8.91. The molecule has 2 aromatic carbocycles. The van der Waals surface area contributed by atoms with Gasteiger partial charge in [-0.1, -0.05) is 32.1 Å². The zero-order valence-corrected chi connectivity index (χ0v) is 19.7. The third-order valence-electron chi connectivity index (χ3n) is 5.12. The lowest BCUT2D eigenvalue weighted by Gasteiger charge is -2.24. The summed E-state index contributed by atoms with van der Waals surface area (Å²) in [5.74, 6) is 1.77. The summed E-state index contributed by atoms with van der Waals surface area (Å²) in [6, 6.07) is 13.5. The normalized spacial score (nSPS) is 11.4. The zero-order valence-electron chi connectivity index (χ0n) is 19.7. The summed E-state index contributed by atoms with van der Waals surface area (Å²) in [4.78, 5) is 8.12. The van der Waals surface area contributed by atoms with Gasteiger partial charge in [-0.05, 0) is 42.3 Å². The predicted octanol–water partition coefficient (Wildman–Crippen LogP) is 4.36. The molecule has 0 saturated heterocycles. The lowest BCUT2D eigenvalue weighted by molar-refractivity contribution is 0.221. The van der Waals surface area contributed by atoms with E-state index >= 15 is 0 Å². The number of nitrogen functional groups attached to an aromatic ring is 3. The highest BCUT2D eigenvalue weighted by atomic mass is 16.5. The number of ether oxygens (including phenoxy) is 2. The van der Waals surface area contributed by atoms with Crippen LogP contribution in [-0.2, 0) is 6.42 Å². The topological polar surface area (TPSA) is 146 Å². The first-order valence-corrected chi connectivity index (χ1v) is 10.9. The molecule has 0 bridgehead atoms. The van der Waals surface area contributed by atoms with Crippen molar-refractivity contribution in [2.45, 2.75) is 27.2 Å². The van der Waals surface area contributed by atoms with Crippen molar-refractivity contribution in [3.05, 3.63) is 65.9 Å². The van der Waals surface area contributed by atoms with Gasteiger partial charge in [0.25, 0.3) is 0 Å². The van der Waals surface area contributed by atoms with E-state index in [1.165, 1.54) is 6.08 Å². The van der Waals surface area contributed by atoms with Crippen LogP contribution in [0, 0.1) is 16.7 Å². The summed E-state index contributed by atoms with van der Waals surface area (Å²) < 4.78 is 12.4. The lowest BCUT2D eigenvalue weighted by Crippen LogP contribution is -2.19. The Labute approximate surface area is 200 Å². The Balaban J connectivity index is 2.10. The molecule has 34 heavy (non-hydrogen) atoms. The van der Waals surface area contributed by atoms with Crippen molar-refractivity contribution in [3.63, 3.8) is 0 Å². The fourth-order valence-corrected chi connectivity index (χ4v) is 3.47. The summed E-state index contributed by atoms with van der Waals surface area (Å²) in [5.41, 5.74) is 21.4. The third kappa shape index (κ3) is 6.17. The maximum Gasteiger partial charge on any atom is 0.221 e. The van der Waals surface area contributed by atoms with Crippen LogP contribution < -0.4 is 26.7 Å². The van der Waals surface area contributed by atoms with Gasteiger partial charge in [0.15, 0.2) is 0 Å². The Morgan fingerprint density at radius 1 is 1.09 bits per heavy atom. The number of nitrogens with two attached hydrogens (primary N) is 3. The predicted molar refractivity (Wildman–Crippen MR) is 135 cm³/mol. The molecule has 6 N–H and O–H groups in total. The molecule has 3 aromatic rings. The highest BCUT2D eigenvalue weighted by molar-refractivity contribution is 5.79. The highest BCUT2D eigenvalue weighted by Gasteiger charge is 2.21.